The van der Waals surface area contributed by atoms with Gasteiger partial charge in [-0.25, -0.2) is 0 Å². The van der Waals surface area contributed by atoms with E-state index in [1.807, 2.05) is 12.1 Å². The quantitative estimate of drug-likeness (QED) is 0.945. The summed E-state index contributed by atoms with van der Waals surface area (Å²) in [4.78, 5) is 4.82. The van der Waals surface area contributed by atoms with E-state index in [1.54, 1.807) is 6.07 Å². The highest BCUT2D eigenvalue weighted by atomic mass is 16.5. The molecule has 0 atom stereocenters. The van der Waals surface area contributed by atoms with Crippen molar-refractivity contribution in [3.8, 4) is 5.75 Å². The van der Waals surface area contributed by atoms with Gasteiger partial charge in [-0.15, -0.1) is 0 Å². The van der Waals surface area contributed by atoms with Crippen LogP contribution in [0, 0.1) is 0 Å². The number of phenols is 1. The van der Waals surface area contributed by atoms with Crippen molar-refractivity contribution in [3.63, 3.8) is 0 Å². The van der Waals surface area contributed by atoms with E-state index >= 15 is 0 Å². The average Bonchev–Trinajstić information content (AvgIpc) is 2.97. The lowest BCUT2D eigenvalue weighted by Gasteiger charge is -2.29. The molecule has 0 amide bonds. The van der Waals surface area contributed by atoms with Gasteiger partial charge in [-0.3, -0.25) is 4.90 Å². The molecule has 4 rings (SSSR count). The number of rotatable bonds is 3. The first-order valence-corrected chi connectivity index (χ1v) is 8.23. The normalized spacial score (nSPS) is 18.2. The van der Waals surface area contributed by atoms with Gasteiger partial charge in [-0.1, -0.05) is 18.2 Å². The molecule has 0 aromatic heterocycles. The fourth-order valence-electron chi connectivity index (χ4n) is 3.49. The van der Waals surface area contributed by atoms with Gasteiger partial charge >= 0.3 is 0 Å². The van der Waals surface area contributed by atoms with Crippen molar-refractivity contribution in [2.75, 3.05) is 31.2 Å². The van der Waals surface area contributed by atoms with E-state index in [4.69, 9.17) is 4.74 Å². The van der Waals surface area contributed by atoms with Crippen molar-refractivity contribution in [1.82, 2.24) is 4.90 Å². The van der Waals surface area contributed by atoms with Crippen molar-refractivity contribution in [1.29, 1.82) is 0 Å². The van der Waals surface area contributed by atoms with Crippen LogP contribution in [0.5, 0.6) is 5.75 Å². The summed E-state index contributed by atoms with van der Waals surface area (Å²) < 4.78 is 5.44. The second-order valence-electron chi connectivity index (χ2n) is 6.37. The molecule has 2 aliphatic heterocycles. The van der Waals surface area contributed by atoms with Crippen LogP contribution in [-0.4, -0.2) is 36.3 Å². The number of aromatic hydroxyl groups is 1. The van der Waals surface area contributed by atoms with Crippen LogP contribution >= 0.6 is 0 Å². The molecule has 0 unspecified atom stereocenters. The van der Waals surface area contributed by atoms with Gasteiger partial charge in [0.2, 0.25) is 0 Å². The Morgan fingerprint density at radius 2 is 1.78 bits per heavy atom. The minimum Gasteiger partial charge on any atom is -0.508 e. The zero-order valence-corrected chi connectivity index (χ0v) is 13.2. The summed E-state index contributed by atoms with van der Waals surface area (Å²) in [7, 11) is 0. The third-order valence-corrected chi connectivity index (χ3v) is 4.67. The molecule has 4 heteroatoms. The Morgan fingerprint density at radius 3 is 2.61 bits per heavy atom. The number of ether oxygens (including phenoxy) is 1. The highest BCUT2D eigenvalue weighted by Crippen LogP contribution is 2.29. The third kappa shape index (κ3) is 3.19. The largest absolute Gasteiger partial charge is 0.508 e. The van der Waals surface area contributed by atoms with Gasteiger partial charge in [0.15, 0.2) is 0 Å². The summed E-state index contributed by atoms with van der Waals surface area (Å²) in [5, 5.41) is 9.61. The van der Waals surface area contributed by atoms with E-state index in [0.717, 1.165) is 51.5 Å². The van der Waals surface area contributed by atoms with Crippen LogP contribution in [0.2, 0.25) is 0 Å². The third-order valence-electron chi connectivity index (χ3n) is 4.67. The minimum absolute atomic E-state index is 0.341. The lowest BCUT2D eigenvalue weighted by Crippen LogP contribution is -2.36. The maximum absolute atomic E-state index is 9.61. The van der Waals surface area contributed by atoms with Crippen LogP contribution in [0.15, 0.2) is 42.5 Å². The number of hydrogen-bond donors (Lipinski definition) is 1. The molecule has 0 saturated carbocycles. The van der Waals surface area contributed by atoms with Gasteiger partial charge in [-0.05, 0) is 41.0 Å². The van der Waals surface area contributed by atoms with Gasteiger partial charge < -0.3 is 14.7 Å². The highest BCUT2D eigenvalue weighted by Gasteiger charge is 2.21. The Balaban J connectivity index is 1.46. The number of hydrogen-bond acceptors (Lipinski definition) is 4. The molecule has 4 nitrogen and oxygen atoms in total. The molecule has 120 valence electrons. The van der Waals surface area contributed by atoms with Crippen LogP contribution in [-0.2, 0) is 24.4 Å². The predicted molar refractivity (Wildman–Crippen MR) is 90.5 cm³/mol. The molecule has 1 N–H and O–H groups in total. The van der Waals surface area contributed by atoms with E-state index < -0.39 is 0 Å². The maximum Gasteiger partial charge on any atom is 0.115 e. The van der Waals surface area contributed by atoms with E-state index in [0.29, 0.717) is 5.75 Å². The molecule has 2 aromatic carbocycles. The van der Waals surface area contributed by atoms with Crippen molar-refractivity contribution in [2.24, 2.45) is 0 Å². The van der Waals surface area contributed by atoms with Crippen LogP contribution < -0.4 is 4.90 Å². The number of phenolic OH excluding ortho intramolecular Hbond substituents is 1. The van der Waals surface area contributed by atoms with E-state index in [-0.39, 0.29) is 0 Å². The Morgan fingerprint density at radius 1 is 0.957 bits per heavy atom. The predicted octanol–water partition coefficient (Wildman–Crippen LogP) is 2.74. The number of morpholine rings is 1. The molecule has 2 heterocycles. The molecule has 2 aliphatic rings. The van der Waals surface area contributed by atoms with Crippen molar-refractivity contribution in [3.05, 3.63) is 59.2 Å². The Labute approximate surface area is 136 Å². The van der Waals surface area contributed by atoms with Crippen LogP contribution in [0.25, 0.3) is 0 Å². The van der Waals surface area contributed by atoms with Crippen LogP contribution in [0.4, 0.5) is 5.69 Å². The average molecular weight is 310 g/mol. The zero-order valence-electron chi connectivity index (χ0n) is 13.2. The van der Waals surface area contributed by atoms with Gasteiger partial charge in [0.05, 0.1) is 13.2 Å². The smallest absolute Gasteiger partial charge is 0.115 e. The summed E-state index contributed by atoms with van der Waals surface area (Å²) >= 11 is 0. The topological polar surface area (TPSA) is 35.9 Å². The second-order valence-corrected chi connectivity index (χ2v) is 6.37. The summed E-state index contributed by atoms with van der Waals surface area (Å²) in [6.07, 6.45) is 0. The Kier molecular flexibility index (Phi) is 3.93. The molecule has 1 saturated heterocycles. The lowest BCUT2D eigenvalue weighted by atomic mass is 10.1. The fourth-order valence-corrected chi connectivity index (χ4v) is 3.49. The molecule has 0 spiro atoms. The van der Waals surface area contributed by atoms with E-state index in [1.165, 1.54) is 16.8 Å². The molecule has 0 bridgehead atoms. The standard InChI is InChI=1S/C19H22N2O2/c22-19-3-1-2-15(10-19)12-20-13-16-4-5-18(11-17(16)14-20)21-6-8-23-9-7-21/h1-5,10-11,22H,6-9,12-14H2. The Bertz CT molecular complexity index is 696. The van der Waals surface area contributed by atoms with Gasteiger partial charge in [0, 0.05) is 38.4 Å². The van der Waals surface area contributed by atoms with Gasteiger partial charge in [-0.2, -0.15) is 0 Å². The second kappa shape index (κ2) is 6.22. The molecule has 23 heavy (non-hydrogen) atoms. The highest BCUT2D eigenvalue weighted by molar-refractivity contribution is 5.52. The first-order valence-electron chi connectivity index (χ1n) is 8.23. The summed E-state index contributed by atoms with van der Waals surface area (Å²) in [6, 6.07) is 14.4. The molecular weight excluding hydrogens is 288 g/mol. The molecule has 0 radical (unpaired) electrons. The zero-order chi connectivity index (χ0) is 15.6. The summed E-state index contributed by atoms with van der Waals surface area (Å²) in [5.41, 5.74) is 5.31. The minimum atomic E-state index is 0.341. The molecule has 2 aromatic rings. The SMILES string of the molecule is Oc1cccc(CN2Cc3ccc(N4CCOCC4)cc3C2)c1. The van der Waals surface area contributed by atoms with Gasteiger partial charge in [0.1, 0.15) is 5.75 Å². The van der Waals surface area contributed by atoms with Crippen molar-refractivity contribution < 1.29 is 9.84 Å². The molecule has 1 fully saturated rings. The first kappa shape index (κ1) is 14.5. The van der Waals surface area contributed by atoms with E-state index in [9.17, 15) is 5.11 Å². The fraction of sp³-hybridized carbons (Fsp3) is 0.368. The van der Waals surface area contributed by atoms with Crippen molar-refractivity contribution in [2.45, 2.75) is 19.6 Å². The maximum atomic E-state index is 9.61. The number of fused-ring (bicyclic) bond motifs is 1. The van der Waals surface area contributed by atoms with Gasteiger partial charge in [0.25, 0.3) is 0 Å². The van der Waals surface area contributed by atoms with Crippen LogP contribution in [0.1, 0.15) is 16.7 Å². The summed E-state index contributed by atoms with van der Waals surface area (Å²) in [5.74, 6) is 0.341. The number of nitrogens with zero attached hydrogens (tertiary/aromatic N) is 2. The number of anilines is 1. The summed E-state index contributed by atoms with van der Waals surface area (Å²) in [6.45, 7) is 6.42. The van der Waals surface area contributed by atoms with Crippen molar-refractivity contribution >= 4 is 5.69 Å². The number of benzene rings is 2. The lowest BCUT2D eigenvalue weighted by molar-refractivity contribution is 0.122. The van der Waals surface area contributed by atoms with Crippen LogP contribution in [0.3, 0.4) is 0 Å². The molecule has 0 aliphatic carbocycles. The van der Waals surface area contributed by atoms with E-state index in [2.05, 4.69) is 34.1 Å². The monoisotopic (exact) mass is 310 g/mol. The Hall–Kier alpha value is -2.04. The molecular formula is C19H22N2O2. The first-order chi connectivity index (χ1) is 11.3.